The highest BCUT2D eigenvalue weighted by molar-refractivity contribution is 5.95. The van der Waals surface area contributed by atoms with E-state index in [9.17, 15) is 0 Å². The summed E-state index contributed by atoms with van der Waals surface area (Å²) in [5.41, 5.74) is 13.1. The second-order valence-electron chi connectivity index (χ2n) is 13.8. The molecule has 0 spiro atoms. The summed E-state index contributed by atoms with van der Waals surface area (Å²) in [5.74, 6) is 3.51. The lowest BCUT2D eigenvalue weighted by Crippen LogP contribution is -2.15. The third-order valence-corrected chi connectivity index (χ3v) is 10.4. The van der Waals surface area contributed by atoms with Crippen molar-refractivity contribution in [1.29, 1.82) is 0 Å². The Morgan fingerprint density at radius 1 is 0.412 bits per heavy atom. The van der Waals surface area contributed by atoms with Crippen LogP contribution in [-0.2, 0) is 5.41 Å². The molecule has 8 aromatic rings. The topological polar surface area (TPSA) is 44.2 Å². The molecule has 2 aliphatic rings. The summed E-state index contributed by atoms with van der Waals surface area (Å²) in [6.45, 7) is 4.55. The number of hydrogen-bond acceptors (Lipinski definition) is 4. The molecule has 0 atom stereocenters. The minimum absolute atomic E-state index is 0.117. The van der Waals surface area contributed by atoms with Gasteiger partial charge in [-0.25, -0.2) is 9.97 Å². The zero-order valence-electron chi connectivity index (χ0n) is 28.2. The molecule has 4 heteroatoms. The molecule has 0 unspecified atom stereocenters. The number of rotatable bonds is 4. The third-order valence-electron chi connectivity index (χ3n) is 10.4. The lowest BCUT2D eigenvalue weighted by Gasteiger charge is -2.25. The number of aromatic nitrogens is 2. The molecule has 1 aromatic heterocycles. The fourth-order valence-electron chi connectivity index (χ4n) is 7.74. The zero-order valence-corrected chi connectivity index (χ0v) is 28.2. The molecule has 0 saturated heterocycles. The normalized spacial score (nSPS) is 13.4. The maximum Gasteiger partial charge on any atom is 0.170 e. The van der Waals surface area contributed by atoms with Crippen molar-refractivity contribution in [1.82, 2.24) is 9.97 Å². The fraction of sp³-hybridized carbons (Fsp3) is 0.0638. The maximum absolute atomic E-state index is 6.61. The molecule has 2 heterocycles. The van der Waals surface area contributed by atoms with E-state index in [4.69, 9.17) is 19.4 Å². The van der Waals surface area contributed by atoms with E-state index in [0.717, 1.165) is 50.3 Å². The summed E-state index contributed by atoms with van der Waals surface area (Å²) >= 11 is 0. The Morgan fingerprint density at radius 3 is 1.86 bits per heavy atom. The van der Waals surface area contributed by atoms with E-state index in [1.807, 2.05) is 30.3 Å². The molecule has 10 rings (SSSR count). The van der Waals surface area contributed by atoms with Crippen LogP contribution in [0.25, 0.3) is 66.9 Å². The van der Waals surface area contributed by atoms with E-state index < -0.39 is 0 Å². The lowest BCUT2D eigenvalue weighted by atomic mass is 9.82. The van der Waals surface area contributed by atoms with Gasteiger partial charge in [0.1, 0.15) is 0 Å². The number of nitrogens with zero attached hydrogens (tertiary/aromatic N) is 2. The highest BCUT2D eigenvalue weighted by Crippen LogP contribution is 2.55. The van der Waals surface area contributed by atoms with E-state index in [0.29, 0.717) is 17.3 Å². The first-order chi connectivity index (χ1) is 25.0. The van der Waals surface area contributed by atoms with Gasteiger partial charge in [-0.3, -0.25) is 0 Å². The van der Waals surface area contributed by atoms with Crippen LogP contribution in [0.5, 0.6) is 23.0 Å². The van der Waals surface area contributed by atoms with E-state index in [-0.39, 0.29) is 5.41 Å². The molecule has 0 saturated carbocycles. The number of ether oxygens (including phenoxy) is 2. The zero-order chi connectivity index (χ0) is 34.1. The van der Waals surface area contributed by atoms with Gasteiger partial charge < -0.3 is 9.47 Å². The third kappa shape index (κ3) is 4.75. The first-order valence-electron chi connectivity index (χ1n) is 17.3. The van der Waals surface area contributed by atoms with Gasteiger partial charge >= 0.3 is 0 Å². The molecule has 7 aromatic carbocycles. The van der Waals surface area contributed by atoms with Crippen LogP contribution >= 0.6 is 0 Å². The first kappa shape index (κ1) is 29.4. The van der Waals surface area contributed by atoms with Gasteiger partial charge in [-0.2, -0.15) is 0 Å². The van der Waals surface area contributed by atoms with Crippen LogP contribution in [0.3, 0.4) is 0 Å². The quantitative estimate of drug-likeness (QED) is 0.189. The van der Waals surface area contributed by atoms with Crippen LogP contribution in [0.15, 0.2) is 158 Å². The van der Waals surface area contributed by atoms with Crippen molar-refractivity contribution in [3.05, 3.63) is 169 Å². The average Bonchev–Trinajstić information content (AvgIpc) is 3.41. The molecule has 1 aliphatic heterocycles. The van der Waals surface area contributed by atoms with Crippen molar-refractivity contribution in [3.8, 4) is 79.0 Å². The molecule has 0 radical (unpaired) electrons. The Morgan fingerprint density at radius 2 is 1.02 bits per heavy atom. The smallest absolute Gasteiger partial charge is 0.170 e. The van der Waals surface area contributed by atoms with Crippen molar-refractivity contribution >= 4 is 10.9 Å². The van der Waals surface area contributed by atoms with Crippen molar-refractivity contribution in [3.63, 3.8) is 0 Å². The molecule has 0 amide bonds. The van der Waals surface area contributed by atoms with Gasteiger partial charge in [-0.1, -0.05) is 141 Å². The molecule has 1 aliphatic carbocycles. The predicted molar refractivity (Wildman–Crippen MR) is 205 cm³/mol. The predicted octanol–water partition coefficient (Wildman–Crippen LogP) is 12.5. The monoisotopic (exact) mass is 656 g/mol. The maximum atomic E-state index is 6.61. The number of benzene rings is 7. The van der Waals surface area contributed by atoms with Gasteiger partial charge in [-0.05, 0) is 74.8 Å². The van der Waals surface area contributed by atoms with Crippen molar-refractivity contribution < 1.29 is 9.47 Å². The minimum atomic E-state index is -0.117. The highest BCUT2D eigenvalue weighted by atomic mass is 16.6. The standard InChI is InChI=1S/C47H32N2O2/c1-47(2)38-18-10-8-15-34(38)37-27-43-44(28-39(37)47)50-41-25-24-32(26-42(41)51-43)33-14-6-7-16-35(33)46-48-40-19-11-9-17-36(40)45(49-46)31-22-20-30(21-23-31)29-12-4-3-5-13-29/h3-28H,1-2H3. The van der Waals surface area contributed by atoms with Crippen LogP contribution in [-0.4, -0.2) is 9.97 Å². The molecule has 0 bridgehead atoms. The molecular weight excluding hydrogens is 625 g/mol. The highest BCUT2D eigenvalue weighted by Gasteiger charge is 2.37. The summed E-state index contributed by atoms with van der Waals surface area (Å²) in [7, 11) is 0. The number of fused-ring (bicyclic) bond motifs is 6. The van der Waals surface area contributed by atoms with Gasteiger partial charge in [0.25, 0.3) is 0 Å². The molecule has 242 valence electrons. The van der Waals surface area contributed by atoms with Gasteiger partial charge in [0.15, 0.2) is 28.8 Å². The van der Waals surface area contributed by atoms with Crippen LogP contribution in [0.1, 0.15) is 25.0 Å². The largest absolute Gasteiger partial charge is 0.450 e. The Bertz CT molecular complexity index is 2660. The minimum Gasteiger partial charge on any atom is -0.450 e. The van der Waals surface area contributed by atoms with Crippen LogP contribution in [0, 0.1) is 0 Å². The summed E-state index contributed by atoms with van der Waals surface area (Å²) in [5, 5.41) is 1.02. The Labute approximate surface area is 296 Å². The molecule has 0 fully saturated rings. The van der Waals surface area contributed by atoms with E-state index in [1.165, 1.54) is 33.4 Å². The molecule has 51 heavy (non-hydrogen) atoms. The van der Waals surface area contributed by atoms with Gasteiger partial charge in [0.2, 0.25) is 0 Å². The lowest BCUT2D eigenvalue weighted by molar-refractivity contribution is 0.359. The summed E-state index contributed by atoms with van der Waals surface area (Å²) < 4.78 is 13.1. The van der Waals surface area contributed by atoms with E-state index in [1.54, 1.807) is 0 Å². The second kappa shape index (κ2) is 11.3. The van der Waals surface area contributed by atoms with Gasteiger partial charge in [0, 0.05) is 21.9 Å². The van der Waals surface area contributed by atoms with Crippen LogP contribution < -0.4 is 9.47 Å². The Kier molecular flexibility index (Phi) is 6.49. The van der Waals surface area contributed by atoms with E-state index in [2.05, 4.69) is 141 Å². The van der Waals surface area contributed by atoms with Crippen molar-refractivity contribution in [2.24, 2.45) is 0 Å². The van der Waals surface area contributed by atoms with Crippen LogP contribution in [0.4, 0.5) is 0 Å². The Hall–Kier alpha value is -6.52. The molecule has 0 N–H and O–H groups in total. The molecule has 4 nitrogen and oxygen atoms in total. The fourth-order valence-corrected chi connectivity index (χ4v) is 7.74. The summed E-state index contributed by atoms with van der Waals surface area (Å²) in [4.78, 5) is 10.3. The summed E-state index contributed by atoms with van der Waals surface area (Å²) in [6, 6.07) is 54.7. The second-order valence-corrected chi connectivity index (χ2v) is 13.8. The summed E-state index contributed by atoms with van der Waals surface area (Å²) in [6.07, 6.45) is 0. The van der Waals surface area contributed by atoms with Crippen molar-refractivity contribution in [2.75, 3.05) is 0 Å². The number of para-hydroxylation sites is 1. The average molecular weight is 657 g/mol. The van der Waals surface area contributed by atoms with Gasteiger partial charge in [0.05, 0.1) is 11.2 Å². The Balaban J connectivity index is 1.04. The number of hydrogen-bond donors (Lipinski definition) is 0. The van der Waals surface area contributed by atoms with Crippen molar-refractivity contribution in [2.45, 2.75) is 19.3 Å². The van der Waals surface area contributed by atoms with Gasteiger partial charge in [-0.15, -0.1) is 0 Å². The molecular formula is C47H32N2O2. The SMILES string of the molecule is CC1(C)c2ccccc2-c2cc3c(cc21)Oc1ccc(-c2ccccc2-c2nc(-c4ccc(-c5ccccc5)cc4)c4ccccc4n2)cc1O3. The van der Waals surface area contributed by atoms with E-state index >= 15 is 0 Å². The van der Waals surface area contributed by atoms with Crippen LogP contribution in [0.2, 0.25) is 0 Å². The first-order valence-corrected chi connectivity index (χ1v) is 17.3.